The molecule has 0 amide bonds. The van der Waals surface area contributed by atoms with E-state index in [9.17, 15) is 14.4 Å². The van der Waals surface area contributed by atoms with Crippen LogP contribution in [0.5, 0.6) is 23.0 Å². The molecule has 21 heteroatoms. The molecule has 0 saturated carbocycles. The lowest BCUT2D eigenvalue weighted by Crippen LogP contribution is -2.51. The van der Waals surface area contributed by atoms with Crippen LogP contribution in [-0.4, -0.2) is 113 Å². The van der Waals surface area contributed by atoms with Crippen LogP contribution in [0.15, 0.2) is 108 Å². The molecular weight excluding hydrogens is 1000 g/mol. The van der Waals surface area contributed by atoms with Crippen LogP contribution < -0.4 is 34.4 Å². The smallest absolute Gasteiger partial charge is 0.350 e. The molecule has 1 unspecified atom stereocenters. The number of halogens is 3. The predicted molar refractivity (Wildman–Crippen MR) is 274 cm³/mol. The van der Waals surface area contributed by atoms with Crippen LogP contribution in [0.25, 0.3) is 5.69 Å². The lowest BCUT2D eigenvalue weighted by Gasteiger charge is -2.37. The van der Waals surface area contributed by atoms with E-state index in [4.69, 9.17) is 68.0 Å². The van der Waals surface area contributed by atoms with Gasteiger partial charge in [-0.25, -0.2) is 23.7 Å². The topological polar surface area (TPSA) is 176 Å². The lowest BCUT2D eigenvalue weighted by atomic mass is 9.75. The largest absolute Gasteiger partial charge is 0.496 e. The van der Waals surface area contributed by atoms with Gasteiger partial charge in [-0.3, -0.25) is 9.59 Å². The number of ketones is 2. The summed E-state index contributed by atoms with van der Waals surface area (Å²) in [5.74, 6) is -0.303. The lowest BCUT2D eigenvalue weighted by molar-refractivity contribution is -0.190. The Morgan fingerprint density at radius 1 is 0.822 bits per heavy atom. The number of nitrogens with zero attached hydrogens (tertiary/aromatic N) is 8. The highest BCUT2D eigenvalue weighted by molar-refractivity contribution is 6.35. The zero-order chi connectivity index (χ0) is 51.6. The second kappa shape index (κ2) is 21.5. The third kappa shape index (κ3) is 9.98. The Balaban J connectivity index is 0.000000229. The Labute approximate surface area is 436 Å². The van der Waals surface area contributed by atoms with Crippen LogP contribution in [0, 0.1) is 5.92 Å². The third-order valence-electron chi connectivity index (χ3n) is 13.6. The number of hydrogen-bond acceptors (Lipinski definition) is 15. The first-order valence-electron chi connectivity index (χ1n) is 23.8. The van der Waals surface area contributed by atoms with E-state index >= 15 is 0 Å². The number of ether oxygens (including phenoxy) is 7. The summed E-state index contributed by atoms with van der Waals surface area (Å²) in [6.45, 7) is 10.3. The SMILES string of the molecule is CCC(C)n1ncn(-c2ccc(N3CCN(c4ccc(OC[C@H]5CO[C@](Cn6cncn6)(c6ccc(Cl)cc6Cl)O5)cc4)CC3)cc2)c1=O.COC1=CC(=O)C[C@@H](C)[C@]12Oc1c(Cl)c(OC)cc(OC)c1C2=O. The molecule has 0 N–H and O–H groups in total. The molecule has 1 spiro atoms. The zero-order valence-corrected chi connectivity index (χ0v) is 43.4. The number of carbonyl (C=O) groups excluding carboxylic acids is 2. The van der Waals surface area contributed by atoms with Crippen LogP contribution >= 0.6 is 34.8 Å². The van der Waals surface area contributed by atoms with E-state index in [0.717, 1.165) is 55.4 Å². The van der Waals surface area contributed by atoms with Crippen LogP contribution in [-0.2, 0) is 31.3 Å². The number of aromatic nitrogens is 6. The number of carbonyl (C=O) groups is 2. The monoisotopic (exact) mass is 1060 g/mol. The second-order valence-electron chi connectivity index (χ2n) is 18.1. The van der Waals surface area contributed by atoms with Crippen LogP contribution in [0.4, 0.5) is 11.4 Å². The maximum atomic E-state index is 13.3. The Bertz CT molecular complexity index is 3050. The zero-order valence-electron chi connectivity index (χ0n) is 41.1. The van der Waals surface area contributed by atoms with E-state index < -0.39 is 17.3 Å². The minimum absolute atomic E-state index is 0.0645. The van der Waals surface area contributed by atoms with Gasteiger partial charge in [0.2, 0.25) is 17.2 Å². The Hall–Kier alpha value is -6.57. The summed E-state index contributed by atoms with van der Waals surface area (Å²) in [5, 5.41) is 9.68. The molecule has 2 saturated heterocycles. The molecule has 4 aliphatic rings. The van der Waals surface area contributed by atoms with Gasteiger partial charge < -0.3 is 43.0 Å². The highest BCUT2D eigenvalue weighted by Crippen LogP contribution is 2.54. The predicted octanol–water partition coefficient (Wildman–Crippen LogP) is 8.39. The maximum Gasteiger partial charge on any atom is 0.350 e. The quantitative estimate of drug-likeness (QED) is 0.102. The maximum absolute atomic E-state index is 13.3. The van der Waals surface area contributed by atoms with Crippen molar-refractivity contribution >= 4 is 57.7 Å². The number of piperazine rings is 1. The average molecular weight is 1060 g/mol. The fraction of sp³-hybridized carbons (Fsp3) is 0.385. The van der Waals surface area contributed by atoms with E-state index in [1.54, 1.807) is 41.0 Å². The van der Waals surface area contributed by atoms with Crippen molar-refractivity contribution in [2.75, 3.05) is 70.5 Å². The van der Waals surface area contributed by atoms with Crippen molar-refractivity contribution in [1.29, 1.82) is 0 Å². The van der Waals surface area contributed by atoms with Gasteiger partial charge in [-0.15, -0.1) is 0 Å². The number of anilines is 2. The van der Waals surface area contributed by atoms with E-state index in [2.05, 4.69) is 49.2 Å². The molecule has 5 atom stereocenters. The molecule has 5 heterocycles. The van der Waals surface area contributed by atoms with Gasteiger partial charge in [0.05, 0.1) is 44.7 Å². The molecule has 4 aromatic carbocycles. The second-order valence-corrected chi connectivity index (χ2v) is 19.3. The van der Waals surface area contributed by atoms with E-state index in [1.807, 2.05) is 44.2 Å². The van der Waals surface area contributed by atoms with Crippen molar-refractivity contribution in [2.24, 2.45) is 5.92 Å². The highest BCUT2D eigenvalue weighted by atomic mass is 35.5. The average Bonchev–Trinajstić information content (AvgIpc) is 4.22. The summed E-state index contributed by atoms with van der Waals surface area (Å²) in [4.78, 5) is 46.7. The molecule has 2 fully saturated rings. The first kappa shape index (κ1) is 51.3. The fourth-order valence-corrected chi connectivity index (χ4v) is 10.4. The van der Waals surface area contributed by atoms with Crippen LogP contribution in [0.3, 0.4) is 0 Å². The summed E-state index contributed by atoms with van der Waals surface area (Å²) in [5.41, 5.74) is 2.45. The minimum atomic E-state index is -1.42. The van der Waals surface area contributed by atoms with Gasteiger partial charge in [0.25, 0.3) is 0 Å². The van der Waals surface area contributed by atoms with Crippen molar-refractivity contribution in [3.63, 3.8) is 0 Å². The normalized spacial score (nSPS) is 21.8. The first-order chi connectivity index (χ1) is 35.2. The van der Waals surface area contributed by atoms with Gasteiger partial charge in [0.15, 0.2) is 17.3 Å². The highest BCUT2D eigenvalue weighted by Gasteiger charge is 2.60. The molecule has 3 aliphatic heterocycles. The van der Waals surface area contributed by atoms with Crippen molar-refractivity contribution < 1.29 is 42.7 Å². The van der Waals surface area contributed by atoms with Crippen LogP contribution in [0.1, 0.15) is 55.6 Å². The van der Waals surface area contributed by atoms with Crippen molar-refractivity contribution in [3.8, 4) is 28.7 Å². The molecule has 18 nitrogen and oxygen atoms in total. The Kier molecular flexibility index (Phi) is 15.1. The van der Waals surface area contributed by atoms with Gasteiger partial charge in [-0.05, 0) is 74.0 Å². The first-order valence-corrected chi connectivity index (χ1v) is 24.9. The number of allylic oxidation sites excluding steroid dienone is 1. The molecular formula is C52H55Cl3N8O10. The number of rotatable bonds is 14. The number of hydrogen-bond donors (Lipinski definition) is 0. The summed E-state index contributed by atoms with van der Waals surface area (Å²) in [6.07, 6.45) is 6.67. The number of methoxy groups -OCH3 is 3. The molecule has 2 aromatic heterocycles. The summed E-state index contributed by atoms with van der Waals surface area (Å²) < 4.78 is 45.6. The number of benzene rings is 4. The van der Waals surface area contributed by atoms with E-state index in [0.29, 0.717) is 40.3 Å². The molecule has 0 bridgehead atoms. The van der Waals surface area contributed by atoms with Crippen molar-refractivity contribution in [2.45, 2.75) is 63.7 Å². The van der Waals surface area contributed by atoms with Gasteiger partial charge in [-0.1, -0.05) is 54.7 Å². The summed E-state index contributed by atoms with van der Waals surface area (Å²) in [7, 11) is 4.31. The van der Waals surface area contributed by atoms with E-state index in [-0.39, 0.29) is 64.5 Å². The molecule has 6 aromatic rings. The van der Waals surface area contributed by atoms with Gasteiger partial charge in [0.1, 0.15) is 66.1 Å². The molecule has 1 aliphatic carbocycles. The fourth-order valence-electron chi connectivity index (χ4n) is 9.54. The molecule has 384 valence electrons. The Morgan fingerprint density at radius 2 is 1.49 bits per heavy atom. The third-order valence-corrected chi connectivity index (χ3v) is 14.6. The minimum Gasteiger partial charge on any atom is -0.496 e. The van der Waals surface area contributed by atoms with Crippen molar-refractivity contribution in [3.05, 3.63) is 140 Å². The van der Waals surface area contributed by atoms with Gasteiger partial charge in [-0.2, -0.15) is 10.2 Å². The standard InChI is InChI=1S/C35H38Cl2N8O4.C17H17ClO6/c1-3-25(2)45-34(46)44(24-40-45)29-7-5-27(6-8-29)41-14-16-42(17-15-41)28-9-11-30(12-10-28)47-19-31-20-48-35(49-31,21-43-23-38-22-39-43)32-13-4-26(36)18-33(32)37;1-8-5-9(19)6-12(23-4)17(8)16(20)13-10(21-2)7-11(22-3)14(18)15(13)24-17/h4-13,18,22-25,31H,3,14-17,19-21H2,1-2H3;6-8H,5H2,1-4H3/t25?,31-,35-;8-,17+/m01/s1. The Morgan fingerprint density at radius 3 is 2.11 bits per heavy atom. The molecule has 10 rings (SSSR count). The molecule has 0 radical (unpaired) electrons. The van der Waals surface area contributed by atoms with E-state index in [1.165, 1.54) is 44.5 Å². The van der Waals surface area contributed by atoms with Gasteiger partial charge >= 0.3 is 5.69 Å². The van der Waals surface area contributed by atoms with Gasteiger partial charge in [0, 0.05) is 72.6 Å². The van der Waals surface area contributed by atoms with Crippen LogP contribution in [0.2, 0.25) is 15.1 Å². The summed E-state index contributed by atoms with van der Waals surface area (Å²) in [6, 6.07) is 23.1. The summed E-state index contributed by atoms with van der Waals surface area (Å²) >= 11 is 19.1. The molecule has 73 heavy (non-hydrogen) atoms. The number of fused-ring (bicyclic) bond motifs is 1. The number of Topliss-reactive ketones (excluding diaryl/α,β-unsaturated/α-hetero) is 1. The van der Waals surface area contributed by atoms with Crippen molar-refractivity contribution in [1.82, 2.24) is 29.1 Å².